The van der Waals surface area contributed by atoms with E-state index in [9.17, 15) is 9.59 Å². The first kappa shape index (κ1) is 16.0. The predicted octanol–water partition coefficient (Wildman–Crippen LogP) is 3.03. The van der Waals surface area contributed by atoms with Gasteiger partial charge in [0.25, 0.3) is 5.91 Å². The van der Waals surface area contributed by atoms with Gasteiger partial charge in [0, 0.05) is 18.0 Å². The third-order valence-electron chi connectivity index (χ3n) is 3.95. The molecule has 21 heavy (non-hydrogen) atoms. The first-order valence-corrected chi connectivity index (χ1v) is 8.43. The number of thiophene rings is 1. The van der Waals surface area contributed by atoms with E-state index in [2.05, 4.69) is 13.8 Å². The van der Waals surface area contributed by atoms with Crippen LogP contribution >= 0.6 is 11.3 Å². The molecule has 1 amide bonds. The van der Waals surface area contributed by atoms with E-state index in [1.165, 1.54) is 10.4 Å². The van der Waals surface area contributed by atoms with E-state index in [0.29, 0.717) is 32.5 Å². The topological polar surface area (TPSA) is 46.6 Å². The second kappa shape index (κ2) is 7.07. The van der Waals surface area contributed by atoms with Crippen molar-refractivity contribution in [3.8, 4) is 0 Å². The molecule has 1 saturated heterocycles. The van der Waals surface area contributed by atoms with Crippen LogP contribution in [-0.4, -0.2) is 36.5 Å². The van der Waals surface area contributed by atoms with Gasteiger partial charge in [0.05, 0.1) is 17.4 Å². The van der Waals surface area contributed by atoms with Crippen molar-refractivity contribution >= 4 is 23.2 Å². The molecule has 2 heterocycles. The first-order chi connectivity index (χ1) is 10.1. The van der Waals surface area contributed by atoms with Crippen LogP contribution < -0.4 is 0 Å². The number of hydrogen-bond donors (Lipinski definition) is 0. The van der Waals surface area contributed by atoms with Crippen LogP contribution in [0.25, 0.3) is 0 Å². The van der Waals surface area contributed by atoms with E-state index in [1.807, 2.05) is 17.9 Å². The van der Waals surface area contributed by atoms with Crippen molar-refractivity contribution in [2.75, 3.05) is 19.7 Å². The third-order valence-corrected chi connectivity index (χ3v) is 5.32. The second-order valence-electron chi connectivity index (χ2n) is 5.39. The standard InChI is InChI=1S/C16H23NO3S/c1-4-13-11(3)10-14(21-13)15(18)17-8-6-12(7-9-17)16(19)20-5-2/h10,12H,4-9H2,1-3H3. The van der Waals surface area contributed by atoms with E-state index in [-0.39, 0.29) is 17.8 Å². The minimum absolute atomic E-state index is 0.0507. The Hall–Kier alpha value is -1.36. The molecular weight excluding hydrogens is 286 g/mol. The molecule has 1 aliphatic heterocycles. The number of aryl methyl sites for hydroxylation is 2. The van der Waals surface area contributed by atoms with Crippen molar-refractivity contribution in [2.24, 2.45) is 5.92 Å². The number of amides is 1. The first-order valence-electron chi connectivity index (χ1n) is 7.62. The zero-order valence-electron chi connectivity index (χ0n) is 13.0. The Morgan fingerprint density at radius 1 is 1.33 bits per heavy atom. The second-order valence-corrected chi connectivity index (χ2v) is 6.53. The van der Waals surface area contributed by atoms with Gasteiger partial charge in [-0.3, -0.25) is 9.59 Å². The molecule has 0 aromatic carbocycles. The summed E-state index contributed by atoms with van der Waals surface area (Å²) in [5, 5.41) is 0. The highest BCUT2D eigenvalue weighted by Crippen LogP contribution is 2.26. The van der Waals surface area contributed by atoms with Crippen LogP contribution in [0.1, 0.15) is 46.8 Å². The van der Waals surface area contributed by atoms with E-state index < -0.39 is 0 Å². The van der Waals surface area contributed by atoms with Gasteiger partial charge in [-0.25, -0.2) is 0 Å². The molecule has 0 saturated carbocycles. The van der Waals surface area contributed by atoms with Crippen molar-refractivity contribution in [3.63, 3.8) is 0 Å². The largest absolute Gasteiger partial charge is 0.466 e. The van der Waals surface area contributed by atoms with Gasteiger partial charge in [0.2, 0.25) is 0 Å². The Morgan fingerprint density at radius 3 is 2.52 bits per heavy atom. The van der Waals surface area contributed by atoms with Crippen LogP contribution in [-0.2, 0) is 16.0 Å². The lowest BCUT2D eigenvalue weighted by Crippen LogP contribution is -2.40. The van der Waals surface area contributed by atoms with Gasteiger partial charge in [-0.05, 0) is 44.7 Å². The Labute approximate surface area is 130 Å². The summed E-state index contributed by atoms with van der Waals surface area (Å²) in [7, 11) is 0. The van der Waals surface area contributed by atoms with Crippen molar-refractivity contribution in [3.05, 3.63) is 21.4 Å². The number of hydrogen-bond acceptors (Lipinski definition) is 4. The molecule has 1 aromatic heterocycles. The van der Waals surface area contributed by atoms with Gasteiger partial charge in [-0.1, -0.05) is 6.92 Å². The molecule has 0 spiro atoms. The fourth-order valence-corrected chi connectivity index (χ4v) is 3.79. The fourth-order valence-electron chi connectivity index (χ4n) is 2.71. The summed E-state index contributed by atoms with van der Waals surface area (Å²) in [6, 6.07) is 1.99. The molecule has 1 fully saturated rings. The van der Waals surface area contributed by atoms with Crippen LogP contribution in [0.3, 0.4) is 0 Å². The maximum absolute atomic E-state index is 12.5. The minimum atomic E-state index is -0.121. The molecule has 116 valence electrons. The van der Waals surface area contributed by atoms with Crippen molar-refractivity contribution < 1.29 is 14.3 Å². The summed E-state index contributed by atoms with van der Waals surface area (Å²) < 4.78 is 5.05. The van der Waals surface area contributed by atoms with Crippen LogP contribution in [0.2, 0.25) is 0 Å². The van der Waals surface area contributed by atoms with Crippen molar-refractivity contribution in [1.82, 2.24) is 4.90 Å². The molecule has 5 heteroatoms. The molecule has 1 aliphatic rings. The van der Waals surface area contributed by atoms with E-state index >= 15 is 0 Å². The van der Waals surface area contributed by atoms with Gasteiger partial charge in [-0.15, -0.1) is 11.3 Å². The van der Waals surface area contributed by atoms with Gasteiger partial charge in [0.1, 0.15) is 0 Å². The highest BCUT2D eigenvalue weighted by molar-refractivity contribution is 7.14. The monoisotopic (exact) mass is 309 g/mol. The van der Waals surface area contributed by atoms with E-state index in [4.69, 9.17) is 4.74 Å². The maximum Gasteiger partial charge on any atom is 0.309 e. The Kier molecular flexibility index (Phi) is 5.39. The zero-order valence-corrected chi connectivity index (χ0v) is 13.8. The summed E-state index contributed by atoms with van der Waals surface area (Å²) in [5.74, 6) is -0.0692. The van der Waals surface area contributed by atoms with E-state index in [0.717, 1.165) is 11.3 Å². The molecule has 0 atom stereocenters. The normalized spacial score (nSPS) is 16.0. The Morgan fingerprint density at radius 2 is 2.00 bits per heavy atom. The van der Waals surface area contributed by atoms with Crippen LogP contribution in [0.4, 0.5) is 0 Å². The quantitative estimate of drug-likeness (QED) is 0.803. The lowest BCUT2D eigenvalue weighted by atomic mass is 9.97. The number of carbonyl (C=O) groups is 2. The van der Waals surface area contributed by atoms with Crippen LogP contribution in [0.5, 0.6) is 0 Å². The number of nitrogens with zero attached hydrogens (tertiary/aromatic N) is 1. The lowest BCUT2D eigenvalue weighted by molar-refractivity contribution is -0.149. The molecule has 2 rings (SSSR count). The lowest BCUT2D eigenvalue weighted by Gasteiger charge is -2.30. The van der Waals surface area contributed by atoms with Crippen LogP contribution in [0.15, 0.2) is 6.07 Å². The van der Waals surface area contributed by atoms with Crippen molar-refractivity contribution in [1.29, 1.82) is 0 Å². The predicted molar refractivity (Wildman–Crippen MR) is 83.7 cm³/mol. The van der Waals surface area contributed by atoms with Gasteiger partial charge in [-0.2, -0.15) is 0 Å². The molecule has 0 bridgehead atoms. The number of carbonyl (C=O) groups excluding carboxylic acids is 2. The number of piperidine rings is 1. The molecule has 0 aliphatic carbocycles. The summed E-state index contributed by atoms with van der Waals surface area (Å²) >= 11 is 1.59. The Balaban J connectivity index is 1.95. The van der Waals surface area contributed by atoms with E-state index in [1.54, 1.807) is 11.3 Å². The average Bonchev–Trinajstić information content (AvgIpc) is 2.88. The smallest absolute Gasteiger partial charge is 0.309 e. The SMILES string of the molecule is CCOC(=O)C1CCN(C(=O)c2cc(C)c(CC)s2)CC1. The molecule has 0 unspecified atom stereocenters. The highest BCUT2D eigenvalue weighted by atomic mass is 32.1. The number of ether oxygens (including phenoxy) is 1. The minimum Gasteiger partial charge on any atom is -0.466 e. The molecule has 1 aromatic rings. The number of esters is 1. The third kappa shape index (κ3) is 3.64. The van der Waals surface area contributed by atoms with Crippen LogP contribution in [0, 0.1) is 12.8 Å². The molecule has 0 N–H and O–H groups in total. The average molecular weight is 309 g/mol. The summed E-state index contributed by atoms with van der Waals surface area (Å²) in [4.78, 5) is 28.2. The number of likely N-dealkylation sites (tertiary alicyclic amines) is 1. The van der Waals surface area contributed by atoms with Gasteiger partial charge < -0.3 is 9.64 Å². The zero-order chi connectivity index (χ0) is 15.4. The van der Waals surface area contributed by atoms with Gasteiger partial charge >= 0.3 is 5.97 Å². The highest BCUT2D eigenvalue weighted by Gasteiger charge is 2.29. The summed E-state index contributed by atoms with van der Waals surface area (Å²) in [6.45, 7) is 7.69. The fraction of sp³-hybridized carbons (Fsp3) is 0.625. The molecule has 4 nitrogen and oxygen atoms in total. The maximum atomic E-state index is 12.5. The Bertz CT molecular complexity index is 516. The summed E-state index contributed by atoms with van der Waals surface area (Å²) in [6.07, 6.45) is 2.37. The molecular formula is C16H23NO3S. The van der Waals surface area contributed by atoms with Crippen molar-refractivity contribution in [2.45, 2.75) is 40.0 Å². The number of rotatable bonds is 4. The summed E-state index contributed by atoms with van der Waals surface area (Å²) in [5.41, 5.74) is 1.20. The molecule has 0 radical (unpaired) electrons. The van der Waals surface area contributed by atoms with Gasteiger partial charge in [0.15, 0.2) is 0 Å².